The van der Waals surface area contributed by atoms with Gasteiger partial charge in [0.2, 0.25) is 0 Å². The van der Waals surface area contributed by atoms with Crippen molar-refractivity contribution in [3.63, 3.8) is 0 Å². The summed E-state index contributed by atoms with van der Waals surface area (Å²) in [6, 6.07) is 15.1. The maximum Gasteiger partial charge on any atom is 0.309 e. The molecule has 2 unspecified atom stereocenters. The van der Waals surface area contributed by atoms with Gasteiger partial charge in [0, 0.05) is 6.42 Å². The lowest BCUT2D eigenvalue weighted by Crippen LogP contribution is -2.55. The van der Waals surface area contributed by atoms with Gasteiger partial charge < -0.3 is 9.84 Å². The number of ether oxygens (including phenoxy) is 1. The Morgan fingerprint density at radius 3 is 2.41 bits per heavy atom. The Morgan fingerprint density at radius 2 is 1.74 bits per heavy atom. The Balaban J connectivity index is 2.02. The second-order valence-corrected chi connectivity index (χ2v) is 12.3. The lowest BCUT2D eigenvalue weighted by Gasteiger charge is -2.29. The van der Waals surface area contributed by atoms with Crippen LogP contribution in [0, 0.1) is 13.8 Å². The van der Waals surface area contributed by atoms with Gasteiger partial charge in [0.15, 0.2) is 0 Å². The fraction of sp³-hybridized carbons (Fsp3) is 0.348. The van der Waals surface area contributed by atoms with E-state index in [9.17, 15) is 9.90 Å². The van der Waals surface area contributed by atoms with E-state index in [2.05, 4.69) is 75.5 Å². The van der Waals surface area contributed by atoms with Crippen molar-refractivity contribution in [2.45, 2.75) is 52.0 Å². The fourth-order valence-corrected chi connectivity index (χ4v) is 7.34. The number of esters is 1. The number of aliphatic hydroxyl groups excluding tert-OH is 1. The minimum Gasteiger partial charge on any atom is -0.458 e. The molecule has 1 aliphatic heterocycles. The van der Waals surface area contributed by atoms with Crippen LogP contribution in [0.2, 0.25) is 13.1 Å². The molecule has 1 saturated heterocycles. The van der Waals surface area contributed by atoms with Gasteiger partial charge in [0.25, 0.3) is 0 Å². The van der Waals surface area contributed by atoms with Crippen LogP contribution >= 0.6 is 0 Å². The fourth-order valence-electron chi connectivity index (χ4n) is 4.01. The Kier molecular flexibility index (Phi) is 5.68. The van der Waals surface area contributed by atoms with Gasteiger partial charge in [-0.1, -0.05) is 72.4 Å². The molecule has 2 aromatic rings. The number of aryl methyl sites for hydroxylation is 2. The van der Waals surface area contributed by atoms with Crippen molar-refractivity contribution < 1.29 is 14.6 Å². The standard InChI is InChI=1S/C23H28O3Si/c1-16-10-11-17(2)23(27(3,4)20-8-6-5-7-9-20)21(16)13-12-19-14-18(24)15-22(25)26-19/h5-13,18-19,24H,14-15H2,1-4H3. The summed E-state index contributed by atoms with van der Waals surface area (Å²) in [5, 5.41) is 12.7. The molecule has 1 N–H and O–H groups in total. The number of hydrogen-bond acceptors (Lipinski definition) is 3. The molecule has 27 heavy (non-hydrogen) atoms. The zero-order valence-corrected chi connectivity index (χ0v) is 17.5. The molecule has 0 spiro atoms. The van der Waals surface area contributed by atoms with Gasteiger partial charge in [-0.05, 0) is 36.2 Å². The summed E-state index contributed by atoms with van der Waals surface area (Å²) in [5.41, 5.74) is 3.72. The summed E-state index contributed by atoms with van der Waals surface area (Å²) >= 11 is 0. The summed E-state index contributed by atoms with van der Waals surface area (Å²) in [7, 11) is -1.90. The molecule has 0 bridgehead atoms. The highest BCUT2D eigenvalue weighted by molar-refractivity contribution is 7.01. The van der Waals surface area contributed by atoms with Gasteiger partial charge >= 0.3 is 5.97 Å². The van der Waals surface area contributed by atoms with E-state index in [4.69, 9.17) is 4.74 Å². The van der Waals surface area contributed by atoms with Crippen molar-refractivity contribution in [1.82, 2.24) is 0 Å². The SMILES string of the molecule is Cc1ccc(C)c([Si](C)(C)c2ccccc2)c1C=CC1CC(O)CC(=O)O1. The summed E-state index contributed by atoms with van der Waals surface area (Å²) < 4.78 is 5.38. The monoisotopic (exact) mass is 380 g/mol. The van der Waals surface area contributed by atoms with E-state index in [0.717, 1.165) is 0 Å². The van der Waals surface area contributed by atoms with E-state index in [-0.39, 0.29) is 18.5 Å². The van der Waals surface area contributed by atoms with Crippen LogP contribution < -0.4 is 10.4 Å². The van der Waals surface area contributed by atoms with Crippen LogP contribution in [-0.2, 0) is 9.53 Å². The first-order chi connectivity index (χ1) is 12.8. The molecule has 0 saturated carbocycles. The van der Waals surface area contributed by atoms with Crippen molar-refractivity contribution >= 4 is 30.5 Å². The highest BCUT2D eigenvalue weighted by Gasteiger charge is 2.30. The molecule has 3 rings (SSSR count). The second kappa shape index (κ2) is 7.83. The molecule has 1 aliphatic rings. The summed E-state index contributed by atoms with van der Waals surface area (Å²) in [4.78, 5) is 11.6. The first-order valence-electron chi connectivity index (χ1n) is 9.51. The normalized spacial score (nSPS) is 20.7. The van der Waals surface area contributed by atoms with Gasteiger partial charge in [0.1, 0.15) is 14.2 Å². The molecule has 4 heteroatoms. The quantitative estimate of drug-likeness (QED) is 0.654. The number of cyclic esters (lactones) is 1. The van der Waals surface area contributed by atoms with Crippen molar-refractivity contribution in [2.75, 3.05) is 0 Å². The smallest absolute Gasteiger partial charge is 0.309 e. The Morgan fingerprint density at radius 1 is 1.07 bits per heavy atom. The lowest BCUT2D eigenvalue weighted by molar-refractivity contribution is -0.156. The molecule has 2 aromatic carbocycles. The molecule has 1 fully saturated rings. The number of carbonyl (C=O) groups is 1. The summed E-state index contributed by atoms with van der Waals surface area (Å²) in [6.45, 7) is 9.06. The minimum atomic E-state index is -1.90. The summed E-state index contributed by atoms with van der Waals surface area (Å²) in [6.07, 6.45) is 3.59. The van der Waals surface area contributed by atoms with E-state index < -0.39 is 14.2 Å². The van der Waals surface area contributed by atoms with Crippen LogP contribution in [0.25, 0.3) is 6.08 Å². The van der Waals surface area contributed by atoms with Crippen LogP contribution in [0.5, 0.6) is 0 Å². The molecule has 0 radical (unpaired) electrons. The molecule has 2 atom stereocenters. The molecular weight excluding hydrogens is 352 g/mol. The molecule has 1 heterocycles. The molecule has 0 amide bonds. The largest absolute Gasteiger partial charge is 0.458 e. The van der Waals surface area contributed by atoms with E-state index in [1.807, 2.05) is 6.08 Å². The van der Waals surface area contributed by atoms with Gasteiger partial charge in [0.05, 0.1) is 12.5 Å². The van der Waals surface area contributed by atoms with Crippen LogP contribution in [-0.4, -0.2) is 31.4 Å². The van der Waals surface area contributed by atoms with Gasteiger partial charge in [-0.25, -0.2) is 0 Å². The Bertz CT molecular complexity index is 855. The number of aliphatic hydroxyl groups is 1. The predicted molar refractivity (Wildman–Crippen MR) is 113 cm³/mol. The zero-order valence-electron chi connectivity index (χ0n) is 16.5. The lowest BCUT2D eigenvalue weighted by atomic mass is 10.0. The Hall–Kier alpha value is -2.17. The van der Waals surface area contributed by atoms with Gasteiger partial charge in [-0.3, -0.25) is 4.79 Å². The highest BCUT2D eigenvalue weighted by atomic mass is 28.3. The molecular formula is C23H28O3Si. The van der Waals surface area contributed by atoms with Gasteiger partial charge in [-0.15, -0.1) is 0 Å². The van der Waals surface area contributed by atoms with Crippen LogP contribution in [0.15, 0.2) is 48.5 Å². The number of rotatable bonds is 4. The highest BCUT2D eigenvalue weighted by Crippen LogP contribution is 2.20. The predicted octanol–water partition coefficient (Wildman–Crippen LogP) is 3.21. The topological polar surface area (TPSA) is 46.5 Å². The molecule has 142 valence electrons. The molecule has 0 aliphatic carbocycles. The maximum atomic E-state index is 11.6. The second-order valence-electron chi connectivity index (χ2n) is 7.96. The average Bonchev–Trinajstić information content (AvgIpc) is 2.62. The number of carbonyl (C=O) groups excluding carboxylic acids is 1. The number of hydrogen-bond donors (Lipinski definition) is 1. The van der Waals surface area contributed by atoms with Crippen molar-refractivity contribution in [3.8, 4) is 0 Å². The number of benzene rings is 2. The van der Waals surface area contributed by atoms with Crippen LogP contribution in [0.3, 0.4) is 0 Å². The van der Waals surface area contributed by atoms with Gasteiger partial charge in [-0.2, -0.15) is 0 Å². The van der Waals surface area contributed by atoms with Crippen molar-refractivity contribution in [1.29, 1.82) is 0 Å². The van der Waals surface area contributed by atoms with E-state index in [1.54, 1.807) is 0 Å². The first kappa shape index (κ1) is 19.6. The van der Waals surface area contributed by atoms with E-state index in [0.29, 0.717) is 6.42 Å². The first-order valence-corrected chi connectivity index (χ1v) is 12.5. The van der Waals surface area contributed by atoms with Crippen molar-refractivity contribution in [2.24, 2.45) is 0 Å². The molecule has 3 nitrogen and oxygen atoms in total. The van der Waals surface area contributed by atoms with Crippen molar-refractivity contribution in [3.05, 3.63) is 65.2 Å². The average molecular weight is 381 g/mol. The maximum absolute atomic E-state index is 11.6. The van der Waals surface area contributed by atoms with Crippen LogP contribution in [0.4, 0.5) is 0 Å². The summed E-state index contributed by atoms with van der Waals surface area (Å²) in [5.74, 6) is -0.330. The molecule has 0 aromatic heterocycles. The Labute approximate surface area is 162 Å². The third kappa shape index (κ3) is 4.23. The third-order valence-corrected chi connectivity index (χ3v) is 9.15. The third-order valence-electron chi connectivity index (χ3n) is 5.46. The zero-order chi connectivity index (χ0) is 19.6. The van der Waals surface area contributed by atoms with Crippen LogP contribution in [0.1, 0.15) is 29.5 Å². The van der Waals surface area contributed by atoms with E-state index in [1.165, 1.54) is 27.1 Å². The van der Waals surface area contributed by atoms with E-state index >= 15 is 0 Å². The minimum absolute atomic E-state index is 0.0903.